The number of piperazine rings is 1. The van der Waals surface area contributed by atoms with Gasteiger partial charge in [-0.2, -0.15) is 4.98 Å². The van der Waals surface area contributed by atoms with Crippen molar-refractivity contribution in [2.75, 3.05) is 24.5 Å². The van der Waals surface area contributed by atoms with Gasteiger partial charge in [0.25, 0.3) is 6.01 Å². The van der Waals surface area contributed by atoms with E-state index in [0.717, 1.165) is 21.1 Å². The molecule has 0 bridgehead atoms. The smallest absolute Gasteiger partial charge is 0.410 e. The average molecular weight is 410 g/mol. The van der Waals surface area contributed by atoms with Crippen molar-refractivity contribution in [2.45, 2.75) is 46.3 Å². The molecule has 0 spiro atoms. The van der Waals surface area contributed by atoms with Crippen molar-refractivity contribution in [1.82, 2.24) is 9.88 Å². The number of ether oxygens (including phenoxy) is 1. The molecule has 0 radical (unpaired) electrons. The van der Waals surface area contributed by atoms with Gasteiger partial charge in [0.05, 0.1) is 4.47 Å². The highest BCUT2D eigenvalue weighted by Gasteiger charge is 2.32. The van der Waals surface area contributed by atoms with Crippen molar-refractivity contribution < 1.29 is 13.9 Å². The first kappa shape index (κ1) is 18.0. The molecule has 1 fully saturated rings. The Morgan fingerprint density at radius 2 is 2.08 bits per heavy atom. The molecule has 1 unspecified atom stereocenters. The van der Waals surface area contributed by atoms with Crippen LogP contribution in [0.5, 0.6) is 0 Å². The van der Waals surface area contributed by atoms with E-state index in [1.807, 2.05) is 39.8 Å². The first-order valence-electron chi connectivity index (χ1n) is 8.45. The van der Waals surface area contributed by atoms with E-state index in [2.05, 4.69) is 32.7 Å². The first-order valence-corrected chi connectivity index (χ1v) is 9.24. The topological polar surface area (TPSA) is 58.8 Å². The van der Waals surface area contributed by atoms with E-state index in [-0.39, 0.29) is 12.1 Å². The molecule has 1 aliphatic rings. The quantitative estimate of drug-likeness (QED) is 0.700. The van der Waals surface area contributed by atoms with Crippen LogP contribution < -0.4 is 4.90 Å². The van der Waals surface area contributed by atoms with Crippen molar-refractivity contribution >= 4 is 39.1 Å². The van der Waals surface area contributed by atoms with E-state index >= 15 is 0 Å². The number of carbonyl (C=O) groups excluding carboxylic acids is 1. The molecule has 0 saturated carbocycles. The minimum Gasteiger partial charge on any atom is -0.444 e. The zero-order valence-electron chi connectivity index (χ0n) is 15.3. The van der Waals surface area contributed by atoms with Gasteiger partial charge in [-0.3, -0.25) is 0 Å². The molecule has 1 amide bonds. The highest BCUT2D eigenvalue weighted by atomic mass is 79.9. The van der Waals surface area contributed by atoms with Crippen molar-refractivity contribution in [3.05, 3.63) is 22.2 Å². The highest BCUT2D eigenvalue weighted by molar-refractivity contribution is 9.10. The summed E-state index contributed by atoms with van der Waals surface area (Å²) < 4.78 is 12.3. The number of fused-ring (bicyclic) bond motifs is 1. The van der Waals surface area contributed by atoms with E-state index in [1.165, 1.54) is 0 Å². The van der Waals surface area contributed by atoms with Crippen LogP contribution in [0.4, 0.5) is 10.8 Å². The third kappa shape index (κ3) is 3.92. The van der Waals surface area contributed by atoms with Crippen LogP contribution in [0.15, 0.2) is 21.0 Å². The first-order chi connectivity index (χ1) is 11.6. The zero-order chi connectivity index (χ0) is 18.4. The van der Waals surface area contributed by atoms with E-state index in [1.54, 1.807) is 4.90 Å². The molecule has 25 heavy (non-hydrogen) atoms. The number of hydrogen-bond acceptors (Lipinski definition) is 5. The van der Waals surface area contributed by atoms with Gasteiger partial charge in [0, 0.05) is 25.7 Å². The van der Waals surface area contributed by atoms with Crippen LogP contribution in [-0.2, 0) is 4.74 Å². The van der Waals surface area contributed by atoms with E-state index in [0.29, 0.717) is 25.6 Å². The summed E-state index contributed by atoms with van der Waals surface area (Å²) in [4.78, 5) is 20.7. The molecule has 1 aromatic carbocycles. The van der Waals surface area contributed by atoms with Crippen LogP contribution in [0.2, 0.25) is 0 Å². The molecule has 1 saturated heterocycles. The summed E-state index contributed by atoms with van der Waals surface area (Å²) in [6.07, 6.45) is -0.269. The van der Waals surface area contributed by atoms with E-state index in [9.17, 15) is 4.79 Å². The summed E-state index contributed by atoms with van der Waals surface area (Å²) in [6.45, 7) is 11.5. The Balaban J connectivity index is 1.76. The number of oxazole rings is 1. The Hall–Kier alpha value is -1.76. The lowest BCUT2D eigenvalue weighted by molar-refractivity contribution is 0.0216. The van der Waals surface area contributed by atoms with Crippen LogP contribution in [0.25, 0.3) is 11.1 Å². The van der Waals surface area contributed by atoms with Gasteiger partial charge in [-0.15, -0.1) is 0 Å². The number of halogens is 1. The largest absolute Gasteiger partial charge is 0.444 e. The minimum absolute atomic E-state index is 0.0919. The molecule has 7 heteroatoms. The number of nitrogens with zero attached hydrogens (tertiary/aromatic N) is 3. The maximum Gasteiger partial charge on any atom is 0.410 e. The monoisotopic (exact) mass is 409 g/mol. The third-order valence-electron chi connectivity index (χ3n) is 4.10. The Morgan fingerprint density at radius 1 is 1.36 bits per heavy atom. The maximum absolute atomic E-state index is 12.3. The standard InChI is InChI=1S/C18H24BrN3O3/c1-11-8-13(19)15-14(9-11)20-16(24-15)22-7-6-21(10-12(22)2)17(23)25-18(3,4)5/h8-9,12H,6-7,10H2,1-5H3. The molecule has 2 heterocycles. The number of benzene rings is 1. The number of rotatable bonds is 1. The van der Waals surface area contributed by atoms with Crippen LogP contribution in [0, 0.1) is 6.92 Å². The minimum atomic E-state index is -0.484. The van der Waals surface area contributed by atoms with Crippen molar-refractivity contribution in [3.8, 4) is 0 Å². The second kappa shape index (κ2) is 6.52. The van der Waals surface area contributed by atoms with Gasteiger partial charge in [0.2, 0.25) is 0 Å². The fourth-order valence-electron chi connectivity index (χ4n) is 2.97. The van der Waals surface area contributed by atoms with E-state index in [4.69, 9.17) is 9.15 Å². The predicted octanol–water partition coefficient (Wildman–Crippen LogP) is 4.34. The third-order valence-corrected chi connectivity index (χ3v) is 4.69. The van der Waals surface area contributed by atoms with Crippen LogP contribution in [-0.4, -0.2) is 47.3 Å². The summed E-state index contributed by atoms with van der Waals surface area (Å²) >= 11 is 3.53. The number of anilines is 1. The van der Waals surface area contributed by atoms with Gasteiger partial charge in [0.15, 0.2) is 5.58 Å². The summed E-state index contributed by atoms with van der Waals surface area (Å²) in [5.74, 6) is 0. The van der Waals surface area contributed by atoms with Crippen molar-refractivity contribution in [2.24, 2.45) is 0 Å². The zero-order valence-corrected chi connectivity index (χ0v) is 16.9. The Bertz CT molecular complexity index is 797. The van der Waals surface area contributed by atoms with Gasteiger partial charge in [-0.05, 0) is 68.2 Å². The second-order valence-corrected chi connectivity index (χ2v) is 8.41. The van der Waals surface area contributed by atoms with Gasteiger partial charge in [-0.25, -0.2) is 4.79 Å². The average Bonchev–Trinajstić information content (AvgIpc) is 2.89. The molecule has 2 aromatic rings. The van der Waals surface area contributed by atoms with Gasteiger partial charge < -0.3 is 19.0 Å². The lowest BCUT2D eigenvalue weighted by Crippen LogP contribution is -2.54. The molecule has 0 N–H and O–H groups in total. The number of amides is 1. The molecular weight excluding hydrogens is 386 g/mol. The van der Waals surface area contributed by atoms with Crippen LogP contribution >= 0.6 is 15.9 Å². The van der Waals surface area contributed by atoms with Gasteiger partial charge in [-0.1, -0.05) is 0 Å². The predicted molar refractivity (Wildman–Crippen MR) is 101 cm³/mol. The number of aryl methyl sites for hydroxylation is 1. The van der Waals surface area contributed by atoms with Gasteiger partial charge >= 0.3 is 6.09 Å². The lowest BCUT2D eigenvalue weighted by atomic mass is 10.2. The molecule has 0 aliphatic carbocycles. The molecule has 136 valence electrons. The highest BCUT2D eigenvalue weighted by Crippen LogP contribution is 2.31. The number of carbonyl (C=O) groups is 1. The molecular formula is C18H24BrN3O3. The normalized spacial score (nSPS) is 18.7. The molecule has 1 atom stereocenters. The SMILES string of the molecule is Cc1cc(Br)c2oc(N3CCN(C(=O)OC(C)(C)C)CC3C)nc2c1. The fraction of sp³-hybridized carbons (Fsp3) is 0.556. The Kier molecular flexibility index (Phi) is 4.70. The molecule has 6 nitrogen and oxygen atoms in total. The van der Waals surface area contributed by atoms with Crippen LogP contribution in [0.3, 0.4) is 0 Å². The fourth-order valence-corrected chi connectivity index (χ4v) is 3.61. The number of hydrogen-bond donors (Lipinski definition) is 0. The number of aromatic nitrogens is 1. The summed E-state index contributed by atoms with van der Waals surface area (Å²) in [6, 6.07) is 4.71. The summed E-state index contributed by atoms with van der Waals surface area (Å²) in [5.41, 5.74) is 2.23. The summed E-state index contributed by atoms with van der Waals surface area (Å²) in [5, 5.41) is 0. The molecule has 3 rings (SSSR count). The second-order valence-electron chi connectivity index (χ2n) is 7.56. The molecule has 1 aliphatic heterocycles. The lowest BCUT2D eigenvalue weighted by Gasteiger charge is -2.39. The molecule has 1 aromatic heterocycles. The van der Waals surface area contributed by atoms with Crippen molar-refractivity contribution in [1.29, 1.82) is 0 Å². The van der Waals surface area contributed by atoms with Crippen LogP contribution in [0.1, 0.15) is 33.3 Å². The van der Waals surface area contributed by atoms with Crippen molar-refractivity contribution in [3.63, 3.8) is 0 Å². The van der Waals surface area contributed by atoms with E-state index < -0.39 is 5.60 Å². The Labute approximate surface area is 156 Å². The van der Waals surface area contributed by atoms with Gasteiger partial charge in [0.1, 0.15) is 11.1 Å². The summed E-state index contributed by atoms with van der Waals surface area (Å²) in [7, 11) is 0. The Morgan fingerprint density at radius 3 is 2.72 bits per heavy atom. The maximum atomic E-state index is 12.3.